The molecule has 1 aromatic heterocycles. The Kier molecular flexibility index (Phi) is 8.48. The molecule has 0 saturated carbocycles. The van der Waals surface area contributed by atoms with Gasteiger partial charge in [0.05, 0.1) is 4.90 Å². The summed E-state index contributed by atoms with van der Waals surface area (Å²) < 4.78 is 27.3. The minimum absolute atomic E-state index is 0.394. The minimum atomic E-state index is -3.36. The summed E-state index contributed by atoms with van der Waals surface area (Å²) in [6, 6.07) is 1.77. The van der Waals surface area contributed by atoms with E-state index in [4.69, 9.17) is 0 Å². The molecule has 0 saturated heterocycles. The lowest BCUT2D eigenvalue weighted by Crippen LogP contribution is -2.29. The van der Waals surface area contributed by atoms with Crippen molar-refractivity contribution >= 4 is 21.4 Å². The van der Waals surface area contributed by atoms with Crippen molar-refractivity contribution in [3.63, 3.8) is 0 Å². The summed E-state index contributed by atoms with van der Waals surface area (Å²) in [6.07, 6.45) is 4.41. The molecule has 1 aromatic rings. The van der Waals surface area contributed by atoms with Crippen LogP contribution in [0.3, 0.4) is 0 Å². The van der Waals surface area contributed by atoms with Gasteiger partial charge in [-0.25, -0.2) is 13.1 Å². The van der Waals surface area contributed by atoms with E-state index < -0.39 is 10.0 Å². The highest BCUT2D eigenvalue weighted by Gasteiger charge is 2.17. The summed E-state index contributed by atoms with van der Waals surface area (Å²) in [5, 5.41) is 4.93. The first-order chi connectivity index (χ1) is 10.0. The summed E-state index contributed by atoms with van der Waals surface area (Å²) in [5.74, 6) is 0.430. The molecule has 0 aliphatic heterocycles. The highest BCUT2D eigenvalue weighted by atomic mass is 32.2. The van der Waals surface area contributed by atoms with Gasteiger partial charge in [0.2, 0.25) is 10.0 Å². The van der Waals surface area contributed by atoms with E-state index in [0.29, 0.717) is 17.4 Å². The molecule has 1 unspecified atom stereocenters. The molecule has 1 atom stereocenters. The van der Waals surface area contributed by atoms with Crippen molar-refractivity contribution in [3.8, 4) is 0 Å². The van der Waals surface area contributed by atoms with Crippen LogP contribution in [0, 0.1) is 5.92 Å². The van der Waals surface area contributed by atoms with Crippen molar-refractivity contribution < 1.29 is 8.42 Å². The van der Waals surface area contributed by atoms with Crippen LogP contribution in [0.4, 0.5) is 0 Å². The second-order valence-electron chi connectivity index (χ2n) is 5.30. The monoisotopic (exact) mass is 332 g/mol. The van der Waals surface area contributed by atoms with Crippen LogP contribution >= 0.6 is 11.3 Å². The zero-order valence-corrected chi connectivity index (χ0v) is 14.9. The fraction of sp³-hybridized carbons (Fsp3) is 0.733. The van der Waals surface area contributed by atoms with Crippen molar-refractivity contribution in [1.82, 2.24) is 10.0 Å². The van der Waals surface area contributed by atoms with E-state index >= 15 is 0 Å². The summed E-state index contributed by atoms with van der Waals surface area (Å²) >= 11 is 1.49. The molecule has 4 nitrogen and oxygen atoms in total. The Morgan fingerprint density at radius 3 is 2.67 bits per heavy atom. The number of thiophene rings is 1. The van der Waals surface area contributed by atoms with Crippen molar-refractivity contribution in [2.24, 2.45) is 5.92 Å². The molecule has 1 rings (SSSR count). The highest BCUT2D eigenvalue weighted by Crippen LogP contribution is 2.20. The Morgan fingerprint density at radius 2 is 2.05 bits per heavy atom. The lowest BCUT2D eigenvalue weighted by Gasteiger charge is -2.15. The van der Waals surface area contributed by atoms with Crippen LogP contribution in [0.2, 0.25) is 0 Å². The predicted molar refractivity (Wildman–Crippen MR) is 90.2 cm³/mol. The van der Waals surface area contributed by atoms with Crippen molar-refractivity contribution in [1.29, 1.82) is 0 Å². The molecular formula is C15H28N2O2S2. The molecule has 0 aromatic carbocycles. The van der Waals surface area contributed by atoms with Crippen LogP contribution in [0.25, 0.3) is 0 Å². The Balaban J connectivity index is 2.57. The van der Waals surface area contributed by atoms with Crippen LogP contribution in [0.5, 0.6) is 0 Å². The maximum atomic E-state index is 12.3. The van der Waals surface area contributed by atoms with E-state index in [0.717, 1.165) is 43.6 Å². The van der Waals surface area contributed by atoms with Crippen LogP contribution in [-0.2, 0) is 16.6 Å². The van der Waals surface area contributed by atoms with E-state index in [2.05, 4.69) is 23.9 Å². The molecule has 0 bridgehead atoms. The van der Waals surface area contributed by atoms with Crippen molar-refractivity contribution in [3.05, 3.63) is 16.3 Å². The van der Waals surface area contributed by atoms with Gasteiger partial charge < -0.3 is 5.32 Å². The van der Waals surface area contributed by atoms with Gasteiger partial charge in [-0.2, -0.15) is 0 Å². The maximum absolute atomic E-state index is 12.3. The van der Waals surface area contributed by atoms with E-state index in [9.17, 15) is 8.42 Å². The summed E-state index contributed by atoms with van der Waals surface area (Å²) in [5.41, 5.74) is 0. The zero-order chi connectivity index (χ0) is 15.7. The number of rotatable bonds is 11. The van der Waals surface area contributed by atoms with Gasteiger partial charge in [0.1, 0.15) is 0 Å². The first-order valence-electron chi connectivity index (χ1n) is 7.81. The summed E-state index contributed by atoms with van der Waals surface area (Å²) in [4.78, 5) is 1.45. The first kappa shape index (κ1) is 18.6. The molecule has 0 fully saturated rings. The third-order valence-corrected chi connectivity index (χ3v) is 6.08. The van der Waals surface area contributed by atoms with Gasteiger partial charge in [0.25, 0.3) is 0 Å². The van der Waals surface area contributed by atoms with Gasteiger partial charge in [-0.15, -0.1) is 11.3 Å². The molecule has 0 amide bonds. The van der Waals surface area contributed by atoms with Crippen LogP contribution < -0.4 is 10.0 Å². The Morgan fingerprint density at radius 1 is 1.29 bits per heavy atom. The van der Waals surface area contributed by atoms with Gasteiger partial charge >= 0.3 is 0 Å². The van der Waals surface area contributed by atoms with Crippen molar-refractivity contribution in [2.45, 2.75) is 57.9 Å². The van der Waals surface area contributed by atoms with Gasteiger partial charge in [0, 0.05) is 23.3 Å². The summed E-state index contributed by atoms with van der Waals surface area (Å²) in [7, 11) is -3.36. The molecule has 1 heterocycles. The van der Waals surface area contributed by atoms with E-state index in [-0.39, 0.29) is 0 Å². The first-order valence-corrected chi connectivity index (χ1v) is 10.2. The van der Waals surface area contributed by atoms with Crippen molar-refractivity contribution in [2.75, 3.05) is 13.1 Å². The molecule has 0 aliphatic rings. The number of unbranched alkanes of at least 4 members (excludes halogenated alkanes) is 1. The Hall–Kier alpha value is -0.430. The summed E-state index contributed by atoms with van der Waals surface area (Å²) in [6.45, 7) is 8.46. The van der Waals surface area contributed by atoms with Crippen LogP contribution in [0.15, 0.2) is 16.3 Å². The van der Waals surface area contributed by atoms with Crippen LogP contribution in [0.1, 0.15) is 51.3 Å². The second-order valence-corrected chi connectivity index (χ2v) is 8.06. The quantitative estimate of drug-likeness (QED) is 0.653. The van der Waals surface area contributed by atoms with E-state index in [1.54, 1.807) is 11.4 Å². The molecule has 2 N–H and O–H groups in total. The predicted octanol–water partition coefficient (Wildman–Crippen LogP) is 3.35. The van der Waals surface area contributed by atoms with E-state index in [1.165, 1.54) is 11.3 Å². The molecule has 122 valence electrons. The fourth-order valence-corrected chi connectivity index (χ4v) is 4.46. The highest BCUT2D eigenvalue weighted by molar-refractivity contribution is 7.89. The molecular weight excluding hydrogens is 304 g/mol. The van der Waals surface area contributed by atoms with E-state index in [1.807, 2.05) is 6.92 Å². The molecule has 6 heteroatoms. The van der Waals surface area contributed by atoms with Gasteiger partial charge in [-0.1, -0.05) is 40.0 Å². The maximum Gasteiger partial charge on any atom is 0.241 e. The molecule has 0 radical (unpaired) electrons. The number of nitrogens with one attached hydrogen (secondary N) is 2. The molecule has 21 heavy (non-hydrogen) atoms. The average molecular weight is 333 g/mol. The number of hydrogen-bond donors (Lipinski definition) is 2. The normalized spacial score (nSPS) is 13.5. The Bertz CT molecular complexity index is 498. The van der Waals surface area contributed by atoms with Gasteiger partial charge in [-0.05, 0) is 24.9 Å². The lowest BCUT2D eigenvalue weighted by molar-refractivity contribution is 0.444. The average Bonchev–Trinajstić information content (AvgIpc) is 2.95. The van der Waals surface area contributed by atoms with Crippen LogP contribution in [-0.4, -0.2) is 21.5 Å². The number of hydrogen-bond acceptors (Lipinski definition) is 4. The second kappa shape index (κ2) is 9.56. The standard InChI is InChI=1S/C15H28N2O2S2/c1-4-7-8-13(5-2)10-17-21(18,19)15-9-14(20-12-15)11-16-6-3/h9,12-13,16-17H,4-8,10-11H2,1-3H3. The lowest BCUT2D eigenvalue weighted by atomic mass is 10.00. The SMILES string of the molecule is CCCCC(CC)CNS(=O)(=O)c1csc(CNCC)c1. The third-order valence-electron chi connectivity index (χ3n) is 3.59. The zero-order valence-electron chi connectivity index (χ0n) is 13.3. The molecule has 0 aliphatic carbocycles. The fourth-order valence-electron chi connectivity index (χ4n) is 2.10. The number of sulfonamides is 1. The minimum Gasteiger partial charge on any atom is -0.312 e. The largest absolute Gasteiger partial charge is 0.312 e. The van der Waals surface area contributed by atoms with Gasteiger partial charge in [0.15, 0.2) is 0 Å². The Labute approximate surface area is 133 Å². The topological polar surface area (TPSA) is 58.2 Å². The smallest absolute Gasteiger partial charge is 0.241 e. The third kappa shape index (κ3) is 6.46. The van der Waals surface area contributed by atoms with Gasteiger partial charge in [-0.3, -0.25) is 0 Å². The molecule has 0 spiro atoms.